The molecule has 1 heterocycles. The first-order valence-electron chi connectivity index (χ1n) is 7.34. The zero-order chi connectivity index (χ0) is 18.1. The lowest BCUT2D eigenvalue weighted by molar-refractivity contribution is -0.385. The second kappa shape index (κ2) is 6.48. The number of hydrogen-bond acceptors (Lipinski definition) is 7. The first-order valence-corrected chi connectivity index (χ1v) is 8.16. The summed E-state index contributed by atoms with van der Waals surface area (Å²) >= 11 is 1.39. The normalized spacial score (nSPS) is 11.3. The number of thiazole rings is 1. The highest BCUT2D eigenvalue weighted by Gasteiger charge is 2.12. The third kappa shape index (κ3) is 3.29. The number of fused-ring (bicyclic) bond motifs is 1. The summed E-state index contributed by atoms with van der Waals surface area (Å²) in [6.45, 7) is 3.98. The van der Waals surface area contributed by atoms with Crippen molar-refractivity contribution in [2.24, 2.45) is 4.99 Å². The lowest BCUT2D eigenvalue weighted by atomic mass is 10.1. The van der Waals surface area contributed by atoms with E-state index < -0.39 is 10.7 Å². The molecule has 0 aliphatic carbocycles. The number of aromatic nitrogens is 1. The van der Waals surface area contributed by atoms with Crippen molar-refractivity contribution >= 4 is 38.6 Å². The first kappa shape index (κ1) is 16.8. The fraction of sp³-hybridized carbons (Fsp3) is 0.176. The molecule has 0 spiro atoms. The second-order valence-corrected chi connectivity index (χ2v) is 6.52. The number of ether oxygens (including phenoxy) is 1. The highest BCUT2D eigenvalue weighted by molar-refractivity contribution is 7.22. The van der Waals surface area contributed by atoms with Gasteiger partial charge in [-0.1, -0.05) is 23.2 Å². The summed E-state index contributed by atoms with van der Waals surface area (Å²) in [5, 5.41) is 23.7. The van der Waals surface area contributed by atoms with Gasteiger partial charge in [0.05, 0.1) is 28.3 Å². The van der Waals surface area contributed by atoms with Gasteiger partial charge in [-0.15, -0.1) is 0 Å². The molecule has 0 saturated carbocycles. The molecule has 3 rings (SSSR count). The predicted octanol–water partition coefficient (Wildman–Crippen LogP) is 3.65. The minimum Gasteiger partial charge on any atom is -0.870 e. The van der Waals surface area contributed by atoms with Gasteiger partial charge in [0, 0.05) is 12.3 Å². The zero-order valence-corrected chi connectivity index (χ0v) is 14.6. The van der Waals surface area contributed by atoms with Crippen molar-refractivity contribution in [2.75, 3.05) is 7.11 Å². The predicted molar refractivity (Wildman–Crippen MR) is 95.4 cm³/mol. The smallest absolute Gasteiger partial charge is 0.273 e. The minimum absolute atomic E-state index is 0.0817. The van der Waals surface area contributed by atoms with E-state index in [1.165, 1.54) is 30.7 Å². The van der Waals surface area contributed by atoms with Crippen LogP contribution >= 0.6 is 11.3 Å². The maximum absolute atomic E-state index is 12.2. The summed E-state index contributed by atoms with van der Waals surface area (Å²) in [7, 11) is 1.29. The van der Waals surface area contributed by atoms with E-state index in [0.29, 0.717) is 5.13 Å². The van der Waals surface area contributed by atoms with Gasteiger partial charge in [0.15, 0.2) is 0 Å². The van der Waals surface area contributed by atoms with E-state index in [1.807, 2.05) is 26.0 Å². The first-order chi connectivity index (χ1) is 11.9. The number of rotatable bonds is 4. The molecule has 0 fully saturated rings. The summed E-state index contributed by atoms with van der Waals surface area (Å²) in [6, 6.07) is 6.34. The third-order valence-corrected chi connectivity index (χ3v) is 4.54. The van der Waals surface area contributed by atoms with Gasteiger partial charge in [0.1, 0.15) is 5.75 Å². The Morgan fingerprint density at radius 3 is 2.72 bits per heavy atom. The number of benzene rings is 2. The van der Waals surface area contributed by atoms with Crippen LogP contribution in [0.1, 0.15) is 16.7 Å². The van der Waals surface area contributed by atoms with E-state index >= 15 is 0 Å². The maximum atomic E-state index is 12.2. The molecule has 8 heteroatoms. The van der Waals surface area contributed by atoms with Crippen molar-refractivity contribution in [3.05, 3.63) is 51.1 Å². The van der Waals surface area contributed by atoms with E-state index in [0.717, 1.165) is 27.4 Å². The molecule has 1 aromatic heterocycles. The Bertz CT molecular complexity index is 1010. The van der Waals surface area contributed by atoms with Crippen molar-refractivity contribution in [1.29, 1.82) is 0 Å². The fourth-order valence-corrected chi connectivity index (χ4v) is 3.49. The number of aliphatic imine (C=N–C) groups is 1. The lowest BCUT2D eigenvalue weighted by Gasteiger charge is -2.14. The molecule has 7 nitrogen and oxygen atoms in total. The molecule has 128 valence electrons. The van der Waals surface area contributed by atoms with Crippen molar-refractivity contribution in [3.63, 3.8) is 0 Å². The second-order valence-electron chi connectivity index (χ2n) is 5.51. The SMILES string of the molecule is COc1cc([N+](=O)[O-])cc(C=Nc2nc3c(C)cc(C)cc3s2)c1[O-]. The molecule has 0 aliphatic rings. The topological polar surface area (TPSA) is 101 Å². The van der Waals surface area contributed by atoms with Gasteiger partial charge in [-0.05, 0) is 36.6 Å². The quantitative estimate of drug-likeness (QED) is 0.403. The highest BCUT2D eigenvalue weighted by Crippen LogP contribution is 2.33. The molecule has 3 aromatic rings. The summed E-state index contributed by atoms with van der Waals surface area (Å²) in [5.74, 6) is -0.545. The van der Waals surface area contributed by atoms with Crippen LogP contribution in [0, 0.1) is 24.0 Å². The molecule has 0 aliphatic heterocycles. The van der Waals surface area contributed by atoms with Crippen LogP contribution in [-0.2, 0) is 0 Å². The molecule has 0 bridgehead atoms. The van der Waals surface area contributed by atoms with E-state index in [2.05, 4.69) is 9.98 Å². The van der Waals surface area contributed by atoms with Crippen molar-refractivity contribution in [2.45, 2.75) is 13.8 Å². The standard InChI is InChI=1S/C17H15N3O4S/c1-9-4-10(2)15-14(5-9)25-17(19-15)18-8-11-6-12(20(22)23)7-13(24-3)16(11)21/h4-8,21H,1-3H3/p-1. The van der Waals surface area contributed by atoms with Gasteiger partial charge in [-0.2, -0.15) is 0 Å². The van der Waals surface area contributed by atoms with E-state index in [1.54, 1.807) is 0 Å². The van der Waals surface area contributed by atoms with Crippen LogP contribution in [0.3, 0.4) is 0 Å². The molecule has 0 atom stereocenters. The molecular formula is C17H14N3O4S-. The van der Waals surface area contributed by atoms with Crippen LogP contribution in [-0.4, -0.2) is 23.2 Å². The Labute approximate surface area is 147 Å². The average Bonchev–Trinajstić information content (AvgIpc) is 2.96. The highest BCUT2D eigenvalue weighted by atomic mass is 32.1. The molecule has 0 N–H and O–H groups in total. The summed E-state index contributed by atoms with van der Waals surface area (Å²) in [6.07, 6.45) is 1.29. The minimum atomic E-state index is -0.580. The zero-order valence-electron chi connectivity index (χ0n) is 13.8. The van der Waals surface area contributed by atoms with Gasteiger partial charge in [0.2, 0.25) is 5.13 Å². The number of nitrogens with zero attached hydrogens (tertiary/aromatic N) is 3. The van der Waals surface area contributed by atoms with Crippen LogP contribution in [0.5, 0.6) is 11.5 Å². The number of nitro groups is 1. The van der Waals surface area contributed by atoms with Crippen LogP contribution in [0.25, 0.3) is 10.2 Å². The van der Waals surface area contributed by atoms with Crippen molar-refractivity contribution < 1.29 is 14.8 Å². The molecule has 25 heavy (non-hydrogen) atoms. The fourth-order valence-electron chi connectivity index (χ4n) is 2.50. The van der Waals surface area contributed by atoms with E-state index in [-0.39, 0.29) is 17.0 Å². The van der Waals surface area contributed by atoms with Gasteiger partial charge < -0.3 is 9.84 Å². The number of nitro benzene ring substituents is 1. The van der Waals surface area contributed by atoms with Crippen LogP contribution in [0.2, 0.25) is 0 Å². The Morgan fingerprint density at radius 2 is 2.04 bits per heavy atom. The molecular weight excluding hydrogens is 342 g/mol. The monoisotopic (exact) mass is 356 g/mol. The third-order valence-electron chi connectivity index (χ3n) is 3.63. The number of hydrogen-bond donors (Lipinski definition) is 0. The number of aryl methyl sites for hydroxylation is 2. The van der Waals surface area contributed by atoms with Crippen LogP contribution < -0.4 is 9.84 Å². The Kier molecular flexibility index (Phi) is 4.37. The van der Waals surface area contributed by atoms with Gasteiger partial charge in [-0.25, -0.2) is 9.98 Å². The number of methoxy groups -OCH3 is 1. The van der Waals surface area contributed by atoms with Crippen LogP contribution in [0.4, 0.5) is 10.8 Å². The van der Waals surface area contributed by atoms with Gasteiger partial charge >= 0.3 is 0 Å². The van der Waals surface area contributed by atoms with Crippen LogP contribution in [0.15, 0.2) is 29.3 Å². The molecule has 0 saturated heterocycles. The van der Waals surface area contributed by atoms with E-state index in [9.17, 15) is 15.2 Å². The maximum Gasteiger partial charge on any atom is 0.273 e. The van der Waals surface area contributed by atoms with Crippen molar-refractivity contribution in [3.8, 4) is 11.5 Å². The average molecular weight is 356 g/mol. The molecule has 0 amide bonds. The lowest BCUT2D eigenvalue weighted by Crippen LogP contribution is -2.02. The summed E-state index contributed by atoms with van der Waals surface area (Å²) in [5.41, 5.74) is 2.90. The van der Waals surface area contributed by atoms with Gasteiger partial charge in [0.25, 0.3) is 5.69 Å². The Balaban J connectivity index is 2.03. The Hall–Kier alpha value is -3.00. The van der Waals surface area contributed by atoms with Crippen molar-refractivity contribution in [1.82, 2.24) is 4.98 Å². The Morgan fingerprint density at radius 1 is 1.28 bits per heavy atom. The summed E-state index contributed by atoms with van der Waals surface area (Å²) < 4.78 is 5.92. The molecule has 0 radical (unpaired) electrons. The number of non-ortho nitro benzene ring substituents is 1. The largest absolute Gasteiger partial charge is 0.870 e. The van der Waals surface area contributed by atoms with E-state index in [4.69, 9.17) is 4.74 Å². The molecule has 2 aromatic carbocycles. The summed E-state index contributed by atoms with van der Waals surface area (Å²) in [4.78, 5) is 19.1. The van der Waals surface area contributed by atoms with Gasteiger partial charge in [-0.3, -0.25) is 10.1 Å². The molecule has 0 unspecified atom stereocenters.